The summed E-state index contributed by atoms with van der Waals surface area (Å²) >= 11 is 0. The van der Waals surface area contributed by atoms with Crippen LogP contribution in [0.2, 0.25) is 0 Å². The highest BCUT2D eigenvalue weighted by molar-refractivity contribution is 4.84. The first-order valence-corrected chi connectivity index (χ1v) is 5.77. The summed E-state index contributed by atoms with van der Waals surface area (Å²) in [7, 11) is 2.04. The van der Waals surface area contributed by atoms with Crippen molar-refractivity contribution >= 4 is 0 Å². The lowest BCUT2D eigenvalue weighted by molar-refractivity contribution is 0.172. The summed E-state index contributed by atoms with van der Waals surface area (Å²) in [4.78, 5) is 2.59. The number of likely N-dealkylation sites (N-methyl/N-ethyl adjacent to an activating group) is 1. The van der Waals surface area contributed by atoms with Gasteiger partial charge in [0.25, 0.3) is 0 Å². The van der Waals surface area contributed by atoms with E-state index < -0.39 is 0 Å². The molecule has 2 aliphatic rings. The highest BCUT2D eigenvalue weighted by Gasteiger charge is 2.30. The minimum atomic E-state index is 0.575. The second kappa shape index (κ2) is 4.60. The Morgan fingerprint density at radius 2 is 2.29 bits per heavy atom. The van der Waals surface area contributed by atoms with Gasteiger partial charge in [-0.3, -0.25) is 0 Å². The van der Waals surface area contributed by atoms with Crippen LogP contribution >= 0.6 is 0 Å². The van der Waals surface area contributed by atoms with Gasteiger partial charge in [0.05, 0.1) is 13.2 Å². The number of rotatable bonds is 3. The predicted molar refractivity (Wildman–Crippen MR) is 57.4 cm³/mol. The van der Waals surface area contributed by atoms with Gasteiger partial charge in [-0.05, 0) is 25.9 Å². The van der Waals surface area contributed by atoms with Crippen LogP contribution in [0, 0.1) is 11.8 Å². The van der Waals surface area contributed by atoms with E-state index in [4.69, 9.17) is 4.74 Å². The third-order valence-electron chi connectivity index (χ3n) is 3.57. The average Bonchev–Trinajstić information content (AvgIpc) is 2.76. The Hall–Kier alpha value is -0.120. The monoisotopic (exact) mass is 198 g/mol. The molecule has 2 rings (SSSR count). The topological polar surface area (TPSA) is 24.5 Å². The molecule has 0 aromatic rings. The van der Waals surface area contributed by atoms with Crippen LogP contribution in [0.3, 0.4) is 0 Å². The zero-order valence-electron chi connectivity index (χ0n) is 9.33. The molecule has 0 bridgehead atoms. The molecule has 0 amide bonds. The van der Waals surface area contributed by atoms with Gasteiger partial charge < -0.3 is 15.0 Å². The molecule has 2 aliphatic heterocycles. The number of hydrogen-bond donors (Lipinski definition) is 1. The first-order chi connectivity index (χ1) is 6.79. The van der Waals surface area contributed by atoms with Gasteiger partial charge in [-0.25, -0.2) is 0 Å². The quantitative estimate of drug-likeness (QED) is 0.717. The lowest BCUT2D eigenvalue weighted by Crippen LogP contribution is -2.39. The van der Waals surface area contributed by atoms with Crippen LogP contribution in [0.25, 0.3) is 0 Å². The number of likely N-dealkylation sites (tertiary alicyclic amines) is 1. The number of ether oxygens (including phenoxy) is 1. The van der Waals surface area contributed by atoms with Gasteiger partial charge in [0.1, 0.15) is 0 Å². The normalized spacial score (nSPS) is 39.4. The van der Waals surface area contributed by atoms with Gasteiger partial charge in [-0.15, -0.1) is 0 Å². The van der Waals surface area contributed by atoms with Crippen LogP contribution in [0.4, 0.5) is 0 Å². The molecular weight excluding hydrogens is 176 g/mol. The van der Waals surface area contributed by atoms with Gasteiger partial charge in [-0.1, -0.05) is 6.92 Å². The highest BCUT2D eigenvalue weighted by Crippen LogP contribution is 2.20. The standard InChI is InChI=1S/C11H22N2O/c1-9-3-4-13(5-9)6-10-7-14-8-11(10)12-2/h9-12H,3-8H2,1-2H3. The van der Waals surface area contributed by atoms with Crippen LogP contribution in [-0.4, -0.2) is 50.8 Å². The lowest BCUT2D eigenvalue weighted by Gasteiger charge is -2.23. The fraction of sp³-hybridized carbons (Fsp3) is 1.00. The predicted octanol–water partition coefficient (Wildman–Crippen LogP) is 0.563. The molecule has 2 saturated heterocycles. The van der Waals surface area contributed by atoms with Crippen molar-refractivity contribution in [2.75, 3.05) is 39.9 Å². The molecule has 2 fully saturated rings. The third kappa shape index (κ3) is 2.27. The Bertz CT molecular complexity index is 186. The van der Waals surface area contributed by atoms with Gasteiger partial charge in [0.15, 0.2) is 0 Å². The minimum Gasteiger partial charge on any atom is -0.379 e. The van der Waals surface area contributed by atoms with Gasteiger partial charge in [0, 0.05) is 25.0 Å². The molecule has 0 radical (unpaired) electrons. The minimum absolute atomic E-state index is 0.575. The maximum atomic E-state index is 5.51. The van der Waals surface area contributed by atoms with Crippen molar-refractivity contribution in [3.63, 3.8) is 0 Å². The molecule has 0 saturated carbocycles. The van der Waals surface area contributed by atoms with E-state index in [0.29, 0.717) is 12.0 Å². The zero-order valence-corrected chi connectivity index (χ0v) is 9.33. The zero-order chi connectivity index (χ0) is 9.97. The number of nitrogens with one attached hydrogen (secondary N) is 1. The van der Waals surface area contributed by atoms with E-state index in [9.17, 15) is 0 Å². The van der Waals surface area contributed by atoms with Gasteiger partial charge in [0.2, 0.25) is 0 Å². The molecule has 0 aromatic carbocycles. The summed E-state index contributed by atoms with van der Waals surface area (Å²) in [6.45, 7) is 7.97. The van der Waals surface area contributed by atoms with E-state index in [1.807, 2.05) is 7.05 Å². The highest BCUT2D eigenvalue weighted by atomic mass is 16.5. The molecule has 3 nitrogen and oxygen atoms in total. The van der Waals surface area contributed by atoms with Crippen molar-refractivity contribution in [2.45, 2.75) is 19.4 Å². The summed E-state index contributed by atoms with van der Waals surface area (Å²) in [5, 5.41) is 3.35. The Morgan fingerprint density at radius 3 is 2.93 bits per heavy atom. The van der Waals surface area contributed by atoms with Crippen molar-refractivity contribution in [1.29, 1.82) is 0 Å². The van der Waals surface area contributed by atoms with Gasteiger partial charge >= 0.3 is 0 Å². The molecule has 0 aliphatic carbocycles. The molecule has 1 N–H and O–H groups in total. The second-order valence-corrected chi connectivity index (χ2v) is 4.85. The van der Waals surface area contributed by atoms with Crippen molar-refractivity contribution in [1.82, 2.24) is 10.2 Å². The SMILES string of the molecule is CNC1COCC1CN1CCC(C)C1. The molecule has 3 heteroatoms. The Balaban J connectivity index is 1.79. The third-order valence-corrected chi connectivity index (χ3v) is 3.57. The molecule has 2 heterocycles. The lowest BCUT2D eigenvalue weighted by atomic mass is 10.0. The van der Waals surface area contributed by atoms with E-state index in [1.54, 1.807) is 0 Å². The summed E-state index contributed by atoms with van der Waals surface area (Å²) in [6, 6.07) is 0.575. The maximum Gasteiger partial charge on any atom is 0.0623 e. The smallest absolute Gasteiger partial charge is 0.0623 e. The second-order valence-electron chi connectivity index (χ2n) is 4.85. The van der Waals surface area contributed by atoms with E-state index in [1.165, 1.54) is 26.1 Å². The molecular formula is C11H22N2O. The van der Waals surface area contributed by atoms with Gasteiger partial charge in [-0.2, -0.15) is 0 Å². The first-order valence-electron chi connectivity index (χ1n) is 5.77. The Morgan fingerprint density at radius 1 is 1.43 bits per heavy atom. The van der Waals surface area contributed by atoms with Crippen LogP contribution in [0.15, 0.2) is 0 Å². The van der Waals surface area contributed by atoms with Crippen LogP contribution in [0.5, 0.6) is 0 Å². The van der Waals surface area contributed by atoms with Crippen molar-refractivity contribution in [3.8, 4) is 0 Å². The Kier molecular flexibility index (Phi) is 3.42. The maximum absolute atomic E-state index is 5.51. The van der Waals surface area contributed by atoms with E-state index in [2.05, 4.69) is 17.1 Å². The molecule has 3 unspecified atom stereocenters. The molecule has 3 atom stereocenters. The summed E-state index contributed by atoms with van der Waals surface area (Å²) in [6.07, 6.45) is 1.37. The van der Waals surface area contributed by atoms with Crippen molar-refractivity contribution in [3.05, 3.63) is 0 Å². The van der Waals surface area contributed by atoms with E-state index >= 15 is 0 Å². The fourth-order valence-corrected chi connectivity index (χ4v) is 2.62. The van der Waals surface area contributed by atoms with Crippen LogP contribution in [0.1, 0.15) is 13.3 Å². The van der Waals surface area contributed by atoms with Crippen LogP contribution < -0.4 is 5.32 Å². The average molecular weight is 198 g/mol. The Labute approximate surface area is 86.8 Å². The summed E-state index contributed by atoms with van der Waals surface area (Å²) in [5.41, 5.74) is 0. The number of nitrogens with zero attached hydrogens (tertiary/aromatic N) is 1. The molecule has 14 heavy (non-hydrogen) atoms. The largest absolute Gasteiger partial charge is 0.379 e. The van der Waals surface area contributed by atoms with Crippen LogP contribution in [-0.2, 0) is 4.74 Å². The van der Waals surface area contributed by atoms with Crippen molar-refractivity contribution < 1.29 is 4.74 Å². The molecule has 0 aromatic heterocycles. The molecule has 82 valence electrons. The fourth-order valence-electron chi connectivity index (χ4n) is 2.62. The van der Waals surface area contributed by atoms with Crippen molar-refractivity contribution in [2.24, 2.45) is 11.8 Å². The van der Waals surface area contributed by atoms with E-state index in [-0.39, 0.29) is 0 Å². The molecule has 0 spiro atoms. The summed E-state index contributed by atoms with van der Waals surface area (Å²) in [5.74, 6) is 1.59. The van der Waals surface area contributed by atoms with E-state index in [0.717, 1.165) is 19.1 Å². The first kappa shape index (κ1) is 10.4. The number of hydrogen-bond acceptors (Lipinski definition) is 3. The summed E-state index contributed by atoms with van der Waals surface area (Å²) < 4.78 is 5.51.